The number of carbonyl (C=O) groups excluding carboxylic acids is 1. The molecule has 0 aliphatic carbocycles. The second-order valence-electron chi connectivity index (χ2n) is 4.05. The fourth-order valence-electron chi connectivity index (χ4n) is 1.66. The number of alkyl halides is 2. The Balaban J connectivity index is 2.08. The summed E-state index contributed by atoms with van der Waals surface area (Å²) in [6, 6.07) is 7.42. The van der Waals surface area contributed by atoms with Gasteiger partial charge in [-0.3, -0.25) is 9.89 Å². The van der Waals surface area contributed by atoms with Crippen molar-refractivity contribution in [3.63, 3.8) is 0 Å². The highest BCUT2D eigenvalue weighted by molar-refractivity contribution is 5.93. The summed E-state index contributed by atoms with van der Waals surface area (Å²) in [5, 5.41) is 17.6. The summed E-state index contributed by atoms with van der Waals surface area (Å²) in [6.45, 7) is -2.88. The summed E-state index contributed by atoms with van der Waals surface area (Å²) in [5.74, 6) is -0.342. The fraction of sp³-hybridized carbons (Fsp3) is 0.231. The molecule has 0 aliphatic rings. The van der Waals surface area contributed by atoms with Crippen LogP contribution >= 0.6 is 0 Å². The third-order valence-corrected chi connectivity index (χ3v) is 2.60. The number of nitrogens with one attached hydrogen (secondary N) is 2. The molecular weight excluding hydrogens is 284 g/mol. The zero-order chi connectivity index (χ0) is 15.2. The Hall–Kier alpha value is -2.48. The number of amides is 1. The Morgan fingerprint density at radius 2 is 2.10 bits per heavy atom. The van der Waals surface area contributed by atoms with E-state index in [9.17, 15) is 13.6 Å². The molecule has 21 heavy (non-hydrogen) atoms. The van der Waals surface area contributed by atoms with E-state index in [2.05, 4.69) is 20.3 Å². The second-order valence-corrected chi connectivity index (χ2v) is 4.05. The average Bonchev–Trinajstić information content (AvgIpc) is 2.95. The monoisotopic (exact) mass is 297 g/mol. The molecule has 6 nitrogen and oxygen atoms in total. The number of aliphatic hydroxyl groups excluding tert-OH is 1. The SMILES string of the molecule is O=C(NCCO)c1cc(-c2ccc(OC(F)F)cc2)n[nH]1. The minimum atomic E-state index is -2.87. The van der Waals surface area contributed by atoms with Gasteiger partial charge in [-0.05, 0) is 30.3 Å². The zero-order valence-electron chi connectivity index (χ0n) is 10.8. The van der Waals surface area contributed by atoms with Crippen molar-refractivity contribution in [1.29, 1.82) is 0 Å². The third kappa shape index (κ3) is 3.99. The maximum absolute atomic E-state index is 12.0. The first-order chi connectivity index (χ1) is 10.1. The van der Waals surface area contributed by atoms with Gasteiger partial charge in [0.1, 0.15) is 11.4 Å². The minimum absolute atomic E-state index is 0.0465. The van der Waals surface area contributed by atoms with Gasteiger partial charge < -0.3 is 15.2 Å². The Morgan fingerprint density at radius 3 is 2.71 bits per heavy atom. The second kappa shape index (κ2) is 6.80. The summed E-state index contributed by atoms with van der Waals surface area (Å²) in [4.78, 5) is 11.6. The molecule has 112 valence electrons. The molecule has 0 fully saturated rings. The lowest BCUT2D eigenvalue weighted by Crippen LogP contribution is -2.26. The lowest BCUT2D eigenvalue weighted by atomic mass is 10.1. The van der Waals surface area contributed by atoms with Gasteiger partial charge in [0.15, 0.2) is 0 Å². The minimum Gasteiger partial charge on any atom is -0.435 e. The molecule has 1 amide bonds. The van der Waals surface area contributed by atoms with Crippen LogP contribution in [-0.4, -0.2) is 41.0 Å². The molecular formula is C13H13F2N3O3. The van der Waals surface area contributed by atoms with E-state index in [0.29, 0.717) is 11.3 Å². The number of aromatic amines is 1. The quantitative estimate of drug-likeness (QED) is 0.752. The third-order valence-electron chi connectivity index (χ3n) is 2.60. The number of nitrogens with zero attached hydrogens (tertiary/aromatic N) is 1. The number of carbonyl (C=O) groups is 1. The van der Waals surface area contributed by atoms with E-state index in [-0.39, 0.29) is 30.5 Å². The van der Waals surface area contributed by atoms with Gasteiger partial charge in [-0.25, -0.2) is 0 Å². The number of H-pyrrole nitrogens is 1. The number of halogens is 2. The highest BCUT2D eigenvalue weighted by atomic mass is 19.3. The van der Waals surface area contributed by atoms with Gasteiger partial charge in [0.05, 0.1) is 12.3 Å². The van der Waals surface area contributed by atoms with Gasteiger partial charge in [0.2, 0.25) is 0 Å². The molecule has 1 aromatic heterocycles. The lowest BCUT2D eigenvalue weighted by molar-refractivity contribution is -0.0498. The van der Waals surface area contributed by atoms with Gasteiger partial charge in [0, 0.05) is 12.1 Å². The van der Waals surface area contributed by atoms with E-state index in [1.165, 1.54) is 18.2 Å². The summed E-state index contributed by atoms with van der Waals surface area (Å²) in [7, 11) is 0. The van der Waals surface area contributed by atoms with Crippen LogP contribution in [0.4, 0.5) is 8.78 Å². The molecule has 8 heteroatoms. The molecule has 0 bridgehead atoms. The first-order valence-corrected chi connectivity index (χ1v) is 6.10. The summed E-state index contributed by atoms with van der Waals surface area (Å²) in [6.07, 6.45) is 0. The van der Waals surface area contributed by atoms with Crippen LogP contribution in [0.1, 0.15) is 10.5 Å². The number of ether oxygens (including phenoxy) is 1. The number of hydrogen-bond donors (Lipinski definition) is 3. The molecule has 0 unspecified atom stereocenters. The highest BCUT2D eigenvalue weighted by Crippen LogP contribution is 2.22. The molecule has 1 heterocycles. The molecule has 2 rings (SSSR count). The summed E-state index contributed by atoms with van der Waals surface area (Å²) >= 11 is 0. The molecule has 0 spiro atoms. The largest absolute Gasteiger partial charge is 0.435 e. The lowest BCUT2D eigenvalue weighted by Gasteiger charge is -2.04. The van der Waals surface area contributed by atoms with Crippen molar-refractivity contribution in [2.45, 2.75) is 6.61 Å². The van der Waals surface area contributed by atoms with Gasteiger partial charge in [-0.15, -0.1) is 0 Å². The van der Waals surface area contributed by atoms with Crippen LogP contribution in [-0.2, 0) is 0 Å². The maximum Gasteiger partial charge on any atom is 0.387 e. The van der Waals surface area contributed by atoms with Crippen LogP contribution in [0.3, 0.4) is 0 Å². The van der Waals surface area contributed by atoms with E-state index < -0.39 is 6.61 Å². The normalized spacial score (nSPS) is 10.7. The van der Waals surface area contributed by atoms with E-state index >= 15 is 0 Å². The van der Waals surface area contributed by atoms with E-state index in [4.69, 9.17) is 5.11 Å². The van der Waals surface area contributed by atoms with Crippen LogP contribution in [0.2, 0.25) is 0 Å². The van der Waals surface area contributed by atoms with Crippen LogP contribution in [0, 0.1) is 0 Å². The molecule has 0 atom stereocenters. The van der Waals surface area contributed by atoms with E-state index in [1.807, 2.05) is 0 Å². The van der Waals surface area contributed by atoms with Crippen LogP contribution in [0.25, 0.3) is 11.3 Å². The van der Waals surface area contributed by atoms with Crippen molar-refractivity contribution >= 4 is 5.91 Å². The van der Waals surface area contributed by atoms with Gasteiger partial charge in [0.25, 0.3) is 5.91 Å². The number of aromatic nitrogens is 2. The standard InChI is InChI=1S/C13H13F2N3O3/c14-13(15)21-9-3-1-8(2-4-9)10-7-11(18-17-10)12(20)16-5-6-19/h1-4,7,13,19H,5-6H2,(H,16,20)(H,17,18). The Kier molecular flexibility index (Phi) is 4.83. The van der Waals surface area contributed by atoms with Gasteiger partial charge in [-0.1, -0.05) is 0 Å². The number of hydrogen-bond acceptors (Lipinski definition) is 4. The zero-order valence-corrected chi connectivity index (χ0v) is 10.8. The topological polar surface area (TPSA) is 87.2 Å². The number of benzene rings is 1. The van der Waals surface area contributed by atoms with Gasteiger partial charge >= 0.3 is 6.61 Å². The van der Waals surface area contributed by atoms with Crippen molar-refractivity contribution in [2.75, 3.05) is 13.2 Å². The molecule has 1 aromatic carbocycles. The van der Waals surface area contributed by atoms with Crippen LogP contribution < -0.4 is 10.1 Å². The molecule has 2 aromatic rings. The smallest absolute Gasteiger partial charge is 0.387 e. The first-order valence-electron chi connectivity index (χ1n) is 6.10. The van der Waals surface area contributed by atoms with Crippen LogP contribution in [0.5, 0.6) is 5.75 Å². The Morgan fingerprint density at radius 1 is 1.38 bits per heavy atom. The Bertz CT molecular complexity index is 599. The van der Waals surface area contributed by atoms with Crippen molar-refractivity contribution in [3.8, 4) is 17.0 Å². The average molecular weight is 297 g/mol. The van der Waals surface area contributed by atoms with Crippen molar-refractivity contribution < 1.29 is 23.4 Å². The number of rotatable bonds is 6. The molecule has 0 saturated heterocycles. The summed E-state index contributed by atoms with van der Waals surface area (Å²) in [5.41, 5.74) is 1.38. The highest BCUT2D eigenvalue weighted by Gasteiger charge is 2.11. The predicted octanol–water partition coefficient (Wildman–Crippen LogP) is 1.40. The van der Waals surface area contributed by atoms with Crippen LogP contribution in [0.15, 0.2) is 30.3 Å². The molecule has 0 radical (unpaired) electrons. The maximum atomic E-state index is 12.0. The van der Waals surface area contributed by atoms with Gasteiger partial charge in [-0.2, -0.15) is 13.9 Å². The molecule has 3 N–H and O–H groups in total. The van der Waals surface area contributed by atoms with Crippen molar-refractivity contribution in [3.05, 3.63) is 36.0 Å². The van der Waals surface area contributed by atoms with Crippen molar-refractivity contribution in [2.24, 2.45) is 0 Å². The fourth-order valence-corrected chi connectivity index (χ4v) is 1.66. The number of aliphatic hydroxyl groups is 1. The Labute approximate surface area is 118 Å². The molecule has 0 saturated carbocycles. The van der Waals surface area contributed by atoms with Crippen molar-refractivity contribution in [1.82, 2.24) is 15.5 Å². The molecule has 0 aliphatic heterocycles. The van der Waals surface area contributed by atoms with E-state index in [1.54, 1.807) is 12.1 Å². The summed E-state index contributed by atoms with van der Waals surface area (Å²) < 4.78 is 28.3. The predicted molar refractivity (Wildman–Crippen MR) is 70.1 cm³/mol. The first kappa shape index (κ1) is 14.9. The van der Waals surface area contributed by atoms with E-state index in [0.717, 1.165) is 0 Å².